The maximum absolute atomic E-state index is 9.35. The molecule has 3 heteroatoms. The van der Waals surface area contributed by atoms with E-state index in [9.17, 15) is 5.11 Å². The molecule has 2 aromatic rings. The van der Waals surface area contributed by atoms with Crippen LogP contribution < -0.4 is 4.74 Å². The molecule has 26 heavy (non-hydrogen) atoms. The summed E-state index contributed by atoms with van der Waals surface area (Å²) in [5, 5.41) is 18.1. The van der Waals surface area contributed by atoms with Crippen molar-refractivity contribution >= 4 is 0 Å². The number of aromatic hydroxyl groups is 1. The number of hydrogen-bond acceptors (Lipinski definition) is 3. The van der Waals surface area contributed by atoms with Crippen LogP contribution in [0.1, 0.15) is 57.8 Å². The second-order valence-electron chi connectivity index (χ2n) is 6.83. The predicted octanol–water partition coefficient (Wildman–Crippen LogP) is 5.94. The average molecular weight is 357 g/mol. The molecular formula is C23H32O3. The van der Waals surface area contributed by atoms with Crippen molar-refractivity contribution in [3.05, 3.63) is 48.5 Å². The zero-order valence-corrected chi connectivity index (χ0v) is 15.7. The van der Waals surface area contributed by atoms with Gasteiger partial charge in [-0.2, -0.15) is 0 Å². The van der Waals surface area contributed by atoms with Gasteiger partial charge in [-0.05, 0) is 48.2 Å². The quantitative estimate of drug-likeness (QED) is 0.437. The molecule has 0 spiro atoms. The second-order valence-corrected chi connectivity index (χ2v) is 6.83. The number of aliphatic hydroxyl groups is 1. The molecule has 0 aliphatic carbocycles. The Labute approximate surface area is 157 Å². The molecular weight excluding hydrogens is 324 g/mol. The Kier molecular flexibility index (Phi) is 9.66. The molecule has 3 nitrogen and oxygen atoms in total. The lowest BCUT2D eigenvalue weighted by molar-refractivity contribution is 0.282. The van der Waals surface area contributed by atoms with Crippen molar-refractivity contribution in [1.82, 2.24) is 0 Å². The smallest absolute Gasteiger partial charge is 0.119 e. The third kappa shape index (κ3) is 7.92. The van der Waals surface area contributed by atoms with E-state index < -0.39 is 0 Å². The first kappa shape index (κ1) is 20.3. The molecule has 0 radical (unpaired) electrons. The molecule has 0 unspecified atom stereocenters. The van der Waals surface area contributed by atoms with Crippen LogP contribution in [0.5, 0.6) is 11.5 Å². The highest BCUT2D eigenvalue weighted by atomic mass is 16.5. The summed E-state index contributed by atoms with van der Waals surface area (Å²) < 4.78 is 5.82. The molecule has 2 rings (SSSR count). The van der Waals surface area contributed by atoms with Crippen LogP contribution in [-0.2, 0) is 0 Å². The van der Waals surface area contributed by atoms with E-state index in [4.69, 9.17) is 9.84 Å². The number of benzene rings is 2. The van der Waals surface area contributed by atoms with Gasteiger partial charge in [-0.3, -0.25) is 0 Å². The zero-order chi connectivity index (χ0) is 18.5. The van der Waals surface area contributed by atoms with Gasteiger partial charge in [0, 0.05) is 6.61 Å². The van der Waals surface area contributed by atoms with Crippen molar-refractivity contribution < 1.29 is 14.9 Å². The minimum Gasteiger partial charge on any atom is -0.508 e. The number of aliphatic hydroxyl groups excluding tert-OH is 1. The molecule has 0 bridgehead atoms. The van der Waals surface area contributed by atoms with E-state index >= 15 is 0 Å². The van der Waals surface area contributed by atoms with Crippen LogP contribution in [0, 0.1) is 0 Å². The van der Waals surface area contributed by atoms with Gasteiger partial charge in [0.2, 0.25) is 0 Å². The number of phenols is 1. The van der Waals surface area contributed by atoms with E-state index in [0.717, 1.165) is 42.7 Å². The van der Waals surface area contributed by atoms with Crippen LogP contribution in [0.4, 0.5) is 0 Å². The Morgan fingerprint density at radius 3 is 1.58 bits per heavy atom. The van der Waals surface area contributed by atoms with E-state index in [-0.39, 0.29) is 5.75 Å². The molecule has 0 saturated heterocycles. The summed E-state index contributed by atoms with van der Waals surface area (Å²) in [4.78, 5) is 0. The maximum Gasteiger partial charge on any atom is 0.119 e. The van der Waals surface area contributed by atoms with Gasteiger partial charge in [-0.25, -0.2) is 0 Å². The highest BCUT2D eigenvalue weighted by Gasteiger charge is 1.99. The third-order valence-corrected chi connectivity index (χ3v) is 4.63. The summed E-state index contributed by atoms with van der Waals surface area (Å²) in [5.74, 6) is 1.20. The highest BCUT2D eigenvalue weighted by molar-refractivity contribution is 5.64. The van der Waals surface area contributed by atoms with E-state index in [1.807, 2.05) is 24.3 Å². The van der Waals surface area contributed by atoms with Gasteiger partial charge in [0.15, 0.2) is 0 Å². The fraction of sp³-hybridized carbons (Fsp3) is 0.478. The van der Waals surface area contributed by atoms with E-state index in [0.29, 0.717) is 6.61 Å². The minimum absolute atomic E-state index is 0.287. The third-order valence-electron chi connectivity index (χ3n) is 4.63. The van der Waals surface area contributed by atoms with Crippen molar-refractivity contribution in [2.24, 2.45) is 0 Å². The van der Waals surface area contributed by atoms with E-state index in [2.05, 4.69) is 12.1 Å². The molecule has 0 fully saturated rings. The Hall–Kier alpha value is -2.00. The first-order chi connectivity index (χ1) is 12.8. The molecule has 0 amide bonds. The Bertz CT molecular complexity index is 590. The Balaban J connectivity index is 1.54. The van der Waals surface area contributed by atoms with Crippen LogP contribution in [0.25, 0.3) is 11.1 Å². The van der Waals surface area contributed by atoms with Gasteiger partial charge in [0.25, 0.3) is 0 Å². The summed E-state index contributed by atoms with van der Waals surface area (Å²) in [7, 11) is 0. The largest absolute Gasteiger partial charge is 0.508 e. The van der Waals surface area contributed by atoms with Gasteiger partial charge < -0.3 is 14.9 Å². The molecule has 0 atom stereocenters. The van der Waals surface area contributed by atoms with Gasteiger partial charge in [-0.15, -0.1) is 0 Å². The summed E-state index contributed by atoms with van der Waals surface area (Å²) in [6, 6.07) is 15.4. The van der Waals surface area contributed by atoms with Crippen molar-refractivity contribution in [2.75, 3.05) is 13.2 Å². The fourth-order valence-electron chi connectivity index (χ4n) is 3.04. The normalized spacial score (nSPS) is 10.8. The standard InChI is InChI=1S/C23H32O3/c24-18-8-6-4-2-1-3-5-7-9-19-26-23-16-12-21(13-17-23)20-10-14-22(25)15-11-20/h10-17,24-25H,1-9,18-19H2. The fourth-order valence-corrected chi connectivity index (χ4v) is 3.04. The van der Waals surface area contributed by atoms with Crippen molar-refractivity contribution in [2.45, 2.75) is 57.8 Å². The lowest BCUT2D eigenvalue weighted by Crippen LogP contribution is -1.97. The van der Waals surface area contributed by atoms with Crippen molar-refractivity contribution in [3.8, 4) is 22.6 Å². The van der Waals surface area contributed by atoms with Crippen LogP contribution >= 0.6 is 0 Å². The van der Waals surface area contributed by atoms with Crippen LogP contribution in [0.2, 0.25) is 0 Å². The lowest BCUT2D eigenvalue weighted by Gasteiger charge is -2.08. The van der Waals surface area contributed by atoms with E-state index in [1.165, 1.54) is 38.5 Å². The summed E-state index contributed by atoms with van der Waals surface area (Å²) in [6.07, 6.45) is 10.9. The molecule has 0 aliphatic rings. The number of rotatable bonds is 13. The summed E-state index contributed by atoms with van der Waals surface area (Å²) in [6.45, 7) is 1.11. The maximum atomic E-state index is 9.35. The van der Waals surface area contributed by atoms with Gasteiger partial charge in [0.05, 0.1) is 6.61 Å². The first-order valence-corrected chi connectivity index (χ1v) is 9.93. The summed E-state index contributed by atoms with van der Waals surface area (Å²) in [5.41, 5.74) is 2.21. The zero-order valence-electron chi connectivity index (χ0n) is 15.7. The molecule has 2 aromatic carbocycles. The number of hydrogen-bond donors (Lipinski definition) is 2. The van der Waals surface area contributed by atoms with E-state index in [1.54, 1.807) is 12.1 Å². The predicted molar refractivity (Wildman–Crippen MR) is 108 cm³/mol. The monoisotopic (exact) mass is 356 g/mol. The van der Waals surface area contributed by atoms with Crippen LogP contribution in [0.3, 0.4) is 0 Å². The SMILES string of the molecule is OCCCCCCCCCCCOc1ccc(-c2ccc(O)cc2)cc1. The molecule has 2 N–H and O–H groups in total. The summed E-state index contributed by atoms with van der Waals surface area (Å²) >= 11 is 0. The van der Waals surface area contributed by atoms with Gasteiger partial charge in [0.1, 0.15) is 11.5 Å². The molecule has 0 aromatic heterocycles. The first-order valence-electron chi connectivity index (χ1n) is 9.93. The number of phenolic OH excluding ortho intramolecular Hbond substituents is 1. The Morgan fingerprint density at radius 1 is 0.577 bits per heavy atom. The van der Waals surface area contributed by atoms with Gasteiger partial charge in [-0.1, -0.05) is 69.2 Å². The van der Waals surface area contributed by atoms with Crippen molar-refractivity contribution in [3.63, 3.8) is 0 Å². The second kappa shape index (κ2) is 12.4. The lowest BCUT2D eigenvalue weighted by atomic mass is 10.1. The Morgan fingerprint density at radius 2 is 1.04 bits per heavy atom. The molecule has 0 aliphatic heterocycles. The average Bonchev–Trinajstić information content (AvgIpc) is 2.67. The van der Waals surface area contributed by atoms with Gasteiger partial charge >= 0.3 is 0 Å². The molecule has 142 valence electrons. The topological polar surface area (TPSA) is 49.7 Å². The van der Waals surface area contributed by atoms with Crippen molar-refractivity contribution in [1.29, 1.82) is 0 Å². The highest BCUT2D eigenvalue weighted by Crippen LogP contribution is 2.24. The number of unbranched alkanes of at least 4 members (excludes halogenated alkanes) is 8. The minimum atomic E-state index is 0.287. The van der Waals surface area contributed by atoms with Crippen LogP contribution in [-0.4, -0.2) is 23.4 Å². The van der Waals surface area contributed by atoms with Crippen LogP contribution in [0.15, 0.2) is 48.5 Å². The number of ether oxygens (including phenoxy) is 1. The molecule has 0 saturated carbocycles. The molecule has 0 heterocycles.